The number of aromatic nitrogens is 1. The van der Waals surface area contributed by atoms with E-state index in [0.717, 1.165) is 18.1 Å². The number of thioether (sulfide) groups is 1. The van der Waals surface area contributed by atoms with Gasteiger partial charge in [-0.3, -0.25) is 4.79 Å². The largest absolute Gasteiger partial charge is 0.312 e. The van der Waals surface area contributed by atoms with Gasteiger partial charge in [0.25, 0.3) is 0 Å². The first-order valence-electron chi connectivity index (χ1n) is 5.46. The number of hydrogen-bond donors (Lipinski definition) is 2. The molecular formula is C11H14ClN3OS. The smallest absolute Gasteiger partial charge is 0.227 e. The number of hydrogen-bond acceptors (Lipinski definition) is 4. The summed E-state index contributed by atoms with van der Waals surface area (Å²) in [6.07, 6.45) is 2.05. The van der Waals surface area contributed by atoms with Crippen molar-refractivity contribution in [2.75, 3.05) is 23.4 Å². The molecule has 1 amide bonds. The zero-order chi connectivity index (χ0) is 12.1. The highest BCUT2D eigenvalue weighted by molar-refractivity contribution is 7.99. The molecular weight excluding hydrogens is 258 g/mol. The molecule has 0 aromatic carbocycles. The predicted molar refractivity (Wildman–Crippen MR) is 71.6 cm³/mol. The van der Waals surface area contributed by atoms with Crippen molar-refractivity contribution in [2.24, 2.45) is 0 Å². The van der Waals surface area contributed by atoms with Gasteiger partial charge >= 0.3 is 0 Å². The fourth-order valence-electron chi connectivity index (χ4n) is 1.64. The van der Waals surface area contributed by atoms with Crippen molar-refractivity contribution in [1.29, 1.82) is 0 Å². The Morgan fingerprint density at radius 1 is 1.71 bits per heavy atom. The topological polar surface area (TPSA) is 54.0 Å². The molecule has 2 heterocycles. The molecule has 17 heavy (non-hydrogen) atoms. The Labute approximate surface area is 110 Å². The standard InChI is InChI=1S/C11H14ClN3OS/c12-8-1-2-14-10(5-8)15-11(16)6-9-7-17-4-3-13-9/h1-2,5,9,13H,3-4,6-7H2,(H,14,15,16). The number of halogens is 1. The van der Waals surface area contributed by atoms with Gasteiger partial charge < -0.3 is 10.6 Å². The zero-order valence-corrected chi connectivity index (χ0v) is 10.9. The van der Waals surface area contributed by atoms with Crippen molar-refractivity contribution in [3.63, 3.8) is 0 Å². The number of nitrogens with one attached hydrogen (secondary N) is 2. The van der Waals surface area contributed by atoms with E-state index in [1.807, 2.05) is 11.8 Å². The van der Waals surface area contributed by atoms with E-state index in [-0.39, 0.29) is 11.9 Å². The maximum Gasteiger partial charge on any atom is 0.227 e. The highest BCUT2D eigenvalue weighted by Gasteiger charge is 2.16. The summed E-state index contributed by atoms with van der Waals surface area (Å²) in [5.41, 5.74) is 0. The number of amides is 1. The summed E-state index contributed by atoms with van der Waals surface area (Å²) in [4.78, 5) is 15.8. The number of carbonyl (C=O) groups excluding carboxylic acids is 1. The summed E-state index contributed by atoms with van der Waals surface area (Å²) in [6, 6.07) is 3.58. The number of nitrogens with zero attached hydrogens (tertiary/aromatic N) is 1. The summed E-state index contributed by atoms with van der Waals surface area (Å²) >= 11 is 7.69. The van der Waals surface area contributed by atoms with Crippen molar-refractivity contribution in [3.8, 4) is 0 Å². The van der Waals surface area contributed by atoms with Crippen LogP contribution >= 0.6 is 23.4 Å². The van der Waals surface area contributed by atoms with E-state index >= 15 is 0 Å². The van der Waals surface area contributed by atoms with Crippen LogP contribution < -0.4 is 10.6 Å². The minimum absolute atomic E-state index is 0.0280. The minimum Gasteiger partial charge on any atom is -0.312 e. The molecule has 1 aromatic rings. The molecule has 0 aliphatic carbocycles. The molecule has 1 aromatic heterocycles. The molecule has 1 unspecified atom stereocenters. The van der Waals surface area contributed by atoms with Gasteiger partial charge in [0.05, 0.1) is 0 Å². The number of pyridine rings is 1. The molecule has 4 nitrogen and oxygen atoms in total. The van der Waals surface area contributed by atoms with Crippen LogP contribution in [0, 0.1) is 0 Å². The monoisotopic (exact) mass is 271 g/mol. The third-order valence-electron chi connectivity index (χ3n) is 2.42. The summed E-state index contributed by atoms with van der Waals surface area (Å²) in [7, 11) is 0. The average Bonchev–Trinajstić information content (AvgIpc) is 2.30. The van der Waals surface area contributed by atoms with Crippen LogP contribution in [0.3, 0.4) is 0 Å². The van der Waals surface area contributed by atoms with Crippen LogP contribution in [0.1, 0.15) is 6.42 Å². The molecule has 0 radical (unpaired) electrons. The van der Waals surface area contributed by atoms with Gasteiger partial charge in [-0.25, -0.2) is 4.98 Å². The maximum absolute atomic E-state index is 11.7. The number of anilines is 1. The van der Waals surface area contributed by atoms with Crippen molar-refractivity contribution >= 4 is 35.1 Å². The third-order valence-corrected chi connectivity index (χ3v) is 3.79. The molecule has 0 spiro atoms. The van der Waals surface area contributed by atoms with Crippen molar-refractivity contribution in [1.82, 2.24) is 10.3 Å². The summed E-state index contributed by atoms with van der Waals surface area (Å²) in [5, 5.41) is 6.64. The second kappa shape index (κ2) is 6.23. The average molecular weight is 272 g/mol. The van der Waals surface area contributed by atoms with Crippen LogP contribution in [0.25, 0.3) is 0 Å². The van der Waals surface area contributed by atoms with Crippen LogP contribution in [0.5, 0.6) is 0 Å². The van der Waals surface area contributed by atoms with Crippen LogP contribution in [-0.4, -0.2) is 35.0 Å². The molecule has 0 saturated carbocycles. The Kier molecular flexibility index (Phi) is 4.65. The van der Waals surface area contributed by atoms with Crippen LogP contribution in [0.4, 0.5) is 5.82 Å². The van der Waals surface area contributed by atoms with E-state index in [4.69, 9.17) is 11.6 Å². The van der Waals surface area contributed by atoms with E-state index in [9.17, 15) is 4.79 Å². The van der Waals surface area contributed by atoms with Gasteiger partial charge in [0, 0.05) is 41.7 Å². The van der Waals surface area contributed by atoms with E-state index in [0.29, 0.717) is 17.3 Å². The maximum atomic E-state index is 11.7. The quantitative estimate of drug-likeness (QED) is 0.880. The number of rotatable bonds is 3. The highest BCUT2D eigenvalue weighted by Crippen LogP contribution is 2.14. The van der Waals surface area contributed by atoms with E-state index in [2.05, 4.69) is 15.6 Å². The lowest BCUT2D eigenvalue weighted by Crippen LogP contribution is -2.39. The van der Waals surface area contributed by atoms with Gasteiger partial charge in [0.1, 0.15) is 5.82 Å². The van der Waals surface area contributed by atoms with Crippen LogP contribution in [0.2, 0.25) is 5.02 Å². The molecule has 1 aliphatic heterocycles. The van der Waals surface area contributed by atoms with Gasteiger partial charge in [-0.15, -0.1) is 0 Å². The van der Waals surface area contributed by atoms with Crippen molar-refractivity contribution in [2.45, 2.75) is 12.5 Å². The molecule has 1 saturated heterocycles. The lowest BCUT2D eigenvalue weighted by molar-refractivity contribution is -0.116. The van der Waals surface area contributed by atoms with Gasteiger partial charge in [-0.05, 0) is 12.1 Å². The van der Waals surface area contributed by atoms with Crippen LogP contribution in [-0.2, 0) is 4.79 Å². The van der Waals surface area contributed by atoms with Crippen molar-refractivity contribution in [3.05, 3.63) is 23.4 Å². The molecule has 1 atom stereocenters. The SMILES string of the molecule is O=C(CC1CSCCN1)Nc1cc(Cl)ccn1. The highest BCUT2D eigenvalue weighted by atomic mass is 35.5. The van der Waals surface area contributed by atoms with Gasteiger partial charge in [-0.2, -0.15) is 11.8 Å². The van der Waals surface area contributed by atoms with Crippen molar-refractivity contribution < 1.29 is 4.79 Å². The predicted octanol–water partition coefficient (Wildman–Crippen LogP) is 1.77. The molecule has 1 aliphatic rings. The Balaban J connectivity index is 1.84. The number of carbonyl (C=O) groups is 1. The fourth-order valence-corrected chi connectivity index (χ4v) is 2.75. The Bertz CT molecular complexity index is 396. The lowest BCUT2D eigenvalue weighted by Gasteiger charge is -2.22. The molecule has 1 fully saturated rings. The molecule has 2 N–H and O–H groups in total. The van der Waals surface area contributed by atoms with Crippen LogP contribution in [0.15, 0.2) is 18.3 Å². The van der Waals surface area contributed by atoms with E-state index in [1.54, 1.807) is 18.3 Å². The molecule has 6 heteroatoms. The van der Waals surface area contributed by atoms with Gasteiger partial charge in [-0.1, -0.05) is 11.6 Å². The summed E-state index contributed by atoms with van der Waals surface area (Å²) in [5.74, 6) is 2.58. The fraction of sp³-hybridized carbons (Fsp3) is 0.455. The Morgan fingerprint density at radius 3 is 3.29 bits per heavy atom. The second-order valence-corrected chi connectivity index (χ2v) is 5.42. The lowest BCUT2D eigenvalue weighted by atomic mass is 10.2. The second-order valence-electron chi connectivity index (χ2n) is 3.84. The zero-order valence-electron chi connectivity index (χ0n) is 9.28. The summed E-state index contributed by atoms with van der Waals surface area (Å²) in [6.45, 7) is 0.970. The van der Waals surface area contributed by atoms with E-state index in [1.165, 1.54) is 0 Å². The molecule has 0 bridgehead atoms. The minimum atomic E-state index is -0.0280. The third kappa shape index (κ3) is 4.18. The summed E-state index contributed by atoms with van der Waals surface area (Å²) < 4.78 is 0. The molecule has 92 valence electrons. The van der Waals surface area contributed by atoms with E-state index < -0.39 is 0 Å². The first kappa shape index (κ1) is 12.7. The molecule has 2 rings (SSSR count). The first-order valence-corrected chi connectivity index (χ1v) is 7.00. The Hall–Kier alpha value is -0.780. The van der Waals surface area contributed by atoms with Gasteiger partial charge in [0.15, 0.2) is 0 Å². The first-order chi connectivity index (χ1) is 8.24. The van der Waals surface area contributed by atoms with Gasteiger partial charge in [0.2, 0.25) is 5.91 Å². The normalized spacial score (nSPS) is 19.9. The Morgan fingerprint density at radius 2 is 2.59 bits per heavy atom.